The van der Waals surface area contributed by atoms with Gasteiger partial charge < -0.3 is 20.4 Å². The molecule has 0 radical (unpaired) electrons. The van der Waals surface area contributed by atoms with Crippen LogP contribution >= 0.6 is 0 Å². The molecule has 0 atom stereocenters. The summed E-state index contributed by atoms with van der Waals surface area (Å²) in [5.41, 5.74) is 0. The predicted molar refractivity (Wildman–Crippen MR) is 112 cm³/mol. The van der Waals surface area contributed by atoms with Gasteiger partial charge in [0.25, 0.3) is 0 Å². The van der Waals surface area contributed by atoms with Crippen molar-refractivity contribution in [1.29, 1.82) is 0 Å². The Hall–Kier alpha value is -0.200. The van der Waals surface area contributed by atoms with E-state index >= 15 is 0 Å². The van der Waals surface area contributed by atoms with E-state index in [1.807, 2.05) is 0 Å². The maximum atomic E-state index is 9.02. The van der Waals surface area contributed by atoms with Crippen molar-refractivity contribution < 1.29 is 20.4 Å². The van der Waals surface area contributed by atoms with Gasteiger partial charge in [-0.1, -0.05) is 103 Å². The third kappa shape index (κ3) is 22.0. The number of hydrogen-bond acceptors (Lipinski definition) is 5. The SMILES string of the molecule is CCCCCCCCCCCCCCCCCCN(CC(O)O)CC(O)O. The van der Waals surface area contributed by atoms with Crippen molar-refractivity contribution in [2.45, 2.75) is 122 Å². The van der Waals surface area contributed by atoms with E-state index in [4.69, 9.17) is 20.4 Å². The Balaban J connectivity index is 3.30. The van der Waals surface area contributed by atoms with Gasteiger partial charge in [0.1, 0.15) is 0 Å². The van der Waals surface area contributed by atoms with Gasteiger partial charge in [0, 0.05) is 13.1 Å². The monoisotopic (exact) mass is 389 g/mol. The maximum absolute atomic E-state index is 9.02. The molecule has 0 aromatic heterocycles. The lowest BCUT2D eigenvalue weighted by molar-refractivity contribution is -0.0946. The highest BCUT2D eigenvalue weighted by atomic mass is 16.5. The second-order valence-electron chi connectivity index (χ2n) is 8.02. The average molecular weight is 390 g/mol. The minimum Gasteiger partial charge on any atom is -0.367 e. The standard InChI is InChI=1S/C22H47NO4/c1-2-3-4-5-6-7-8-9-10-11-12-13-14-15-16-17-18-23(19-21(24)25)20-22(26)27/h21-22,24-27H,2-20H2,1H3. The first-order chi connectivity index (χ1) is 13.1. The molecule has 164 valence electrons. The first kappa shape index (κ1) is 26.8. The lowest BCUT2D eigenvalue weighted by Gasteiger charge is -2.23. The van der Waals surface area contributed by atoms with Crippen molar-refractivity contribution in [1.82, 2.24) is 4.90 Å². The van der Waals surface area contributed by atoms with Crippen LogP contribution in [0.25, 0.3) is 0 Å². The van der Waals surface area contributed by atoms with E-state index < -0.39 is 12.6 Å². The van der Waals surface area contributed by atoms with Crippen LogP contribution in [0.4, 0.5) is 0 Å². The van der Waals surface area contributed by atoms with Gasteiger partial charge in [0.15, 0.2) is 12.6 Å². The molecule has 0 fully saturated rings. The lowest BCUT2D eigenvalue weighted by atomic mass is 10.0. The van der Waals surface area contributed by atoms with E-state index in [2.05, 4.69) is 6.92 Å². The Bertz CT molecular complexity index is 277. The Morgan fingerprint density at radius 3 is 1.07 bits per heavy atom. The number of aliphatic hydroxyl groups is 4. The molecule has 0 aromatic rings. The summed E-state index contributed by atoms with van der Waals surface area (Å²) < 4.78 is 0. The zero-order chi connectivity index (χ0) is 20.2. The number of hydrogen-bond donors (Lipinski definition) is 4. The van der Waals surface area contributed by atoms with E-state index in [1.54, 1.807) is 4.90 Å². The molecule has 5 nitrogen and oxygen atoms in total. The molecule has 0 aliphatic carbocycles. The zero-order valence-corrected chi connectivity index (χ0v) is 17.8. The van der Waals surface area contributed by atoms with Gasteiger partial charge in [-0.2, -0.15) is 0 Å². The molecule has 0 spiro atoms. The molecule has 0 heterocycles. The van der Waals surface area contributed by atoms with E-state index in [0.29, 0.717) is 6.54 Å². The van der Waals surface area contributed by atoms with Gasteiger partial charge >= 0.3 is 0 Å². The van der Waals surface area contributed by atoms with Gasteiger partial charge in [-0.25, -0.2) is 0 Å². The van der Waals surface area contributed by atoms with Crippen molar-refractivity contribution in [2.24, 2.45) is 0 Å². The van der Waals surface area contributed by atoms with Crippen LogP contribution in [-0.2, 0) is 0 Å². The number of unbranched alkanes of at least 4 members (excludes halogenated alkanes) is 15. The molecular weight excluding hydrogens is 342 g/mol. The third-order valence-corrected chi connectivity index (χ3v) is 5.17. The fourth-order valence-corrected chi connectivity index (χ4v) is 3.60. The van der Waals surface area contributed by atoms with Crippen molar-refractivity contribution in [2.75, 3.05) is 19.6 Å². The molecule has 27 heavy (non-hydrogen) atoms. The van der Waals surface area contributed by atoms with Crippen LogP contribution in [0.5, 0.6) is 0 Å². The van der Waals surface area contributed by atoms with Crippen LogP contribution < -0.4 is 0 Å². The van der Waals surface area contributed by atoms with Gasteiger partial charge in [-0.15, -0.1) is 0 Å². The van der Waals surface area contributed by atoms with Crippen molar-refractivity contribution in [3.05, 3.63) is 0 Å². The summed E-state index contributed by atoms with van der Waals surface area (Å²) in [6.07, 6.45) is 18.3. The second-order valence-corrected chi connectivity index (χ2v) is 8.02. The summed E-state index contributed by atoms with van der Waals surface area (Å²) in [7, 11) is 0. The molecule has 0 unspecified atom stereocenters. The van der Waals surface area contributed by atoms with Gasteiger partial charge in [-0.05, 0) is 13.0 Å². The fourth-order valence-electron chi connectivity index (χ4n) is 3.60. The molecular formula is C22H47NO4. The zero-order valence-electron chi connectivity index (χ0n) is 17.8. The predicted octanol–water partition coefficient (Wildman–Crippen LogP) is 4.17. The Kier molecular flexibility index (Phi) is 20.4. The summed E-state index contributed by atoms with van der Waals surface area (Å²) in [6, 6.07) is 0. The number of aliphatic hydroxyl groups excluding tert-OH is 2. The topological polar surface area (TPSA) is 84.2 Å². The highest BCUT2D eigenvalue weighted by molar-refractivity contribution is 4.60. The Morgan fingerprint density at radius 2 is 0.778 bits per heavy atom. The molecule has 0 amide bonds. The van der Waals surface area contributed by atoms with Crippen LogP contribution in [0.3, 0.4) is 0 Å². The summed E-state index contributed by atoms with van der Waals surface area (Å²) in [5.74, 6) is 0. The molecule has 0 aliphatic rings. The smallest absolute Gasteiger partial charge is 0.164 e. The number of rotatable bonds is 21. The van der Waals surface area contributed by atoms with Gasteiger partial charge in [0.2, 0.25) is 0 Å². The van der Waals surface area contributed by atoms with E-state index in [1.165, 1.54) is 89.9 Å². The molecule has 5 heteroatoms. The van der Waals surface area contributed by atoms with Gasteiger partial charge in [-0.3, -0.25) is 4.90 Å². The summed E-state index contributed by atoms with van der Waals surface area (Å²) >= 11 is 0. The molecule has 0 aromatic carbocycles. The molecule has 0 aliphatic heterocycles. The highest BCUT2D eigenvalue weighted by Crippen LogP contribution is 2.13. The molecule has 4 N–H and O–H groups in total. The maximum Gasteiger partial charge on any atom is 0.164 e. The molecule has 0 rings (SSSR count). The summed E-state index contributed by atoms with van der Waals surface area (Å²) in [5, 5.41) is 36.1. The summed E-state index contributed by atoms with van der Waals surface area (Å²) in [6.45, 7) is 3.07. The fraction of sp³-hybridized carbons (Fsp3) is 1.00. The minimum absolute atomic E-state index is 0.0658. The quantitative estimate of drug-likeness (QED) is 0.175. The summed E-state index contributed by atoms with van der Waals surface area (Å²) in [4.78, 5) is 1.69. The number of nitrogens with zero attached hydrogens (tertiary/aromatic N) is 1. The Labute approximate surface area is 167 Å². The van der Waals surface area contributed by atoms with E-state index in [-0.39, 0.29) is 13.1 Å². The largest absolute Gasteiger partial charge is 0.367 e. The third-order valence-electron chi connectivity index (χ3n) is 5.17. The Morgan fingerprint density at radius 1 is 0.481 bits per heavy atom. The normalized spacial score (nSPS) is 12.0. The minimum atomic E-state index is -1.43. The van der Waals surface area contributed by atoms with Crippen LogP contribution in [0.15, 0.2) is 0 Å². The lowest BCUT2D eigenvalue weighted by Crippen LogP contribution is -2.38. The van der Waals surface area contributed by atoms with Crippen LogP contribution in [0.2, 0.25) is 0 Å². The van der Waals surface area contributed by atoms with E-state index in [0.717, 1.165) is 12.8 Å². The molecule has 0 bridgehead atoms. The van der Waals surface area contributed by atoms with Crippen molar-refractivity contribution in [3.63, 3.8) is 0 Å². The first-order valence-corrected chi connectivity index (χ1v) is 11.5. The van der Waals surface area contributed by atoms with Crippen molar-refractivity contribution in [3.8, 4) is 0 Å². The first-order valence-electron chi connectivity index (χ1n) is 11.5. The average Bonchev–Trinajstić information content (AvgIpc) is 2.60. The highest BCUT2D eigenvalue weighted by Gasteiger charge is 2.12. The van der Waals surface area contributed by atoms with Crippen molar-refractivity contribution >= 4 is 0 Å². The second kappa shape index (κ2) is 20.5. The van der Waals surface area contributed by atoms with Crippen LogP contribution in [-0.4, -0.2) is 57.5 Å². The van der Waals surface area contributed by atoms with E-state index in [9.17, 15) is 0 Å². The molecule has 0 saturated heterocycles. The van der Waals surface area contributed by atoms with Crippen LogP contribution in [0, 0.1) is 0 Å². The van der Waals surface area contributed by atoms with Crippen LogP contribution in [0.1, 0.15) is 110 Å². The molecule has 0 saturated carbocycles. The van der Waals surface area contributed by atoms with Gasteiger partial charge in [0.05, 0.1) is 0 Å².